The molecule has 5 nitrogen and oxygen atoms in total. The summed E-state index contributed by atoms with van der Waals surface area (Å²) in [6, 6.07) is 0. The Labute approximate surface area is 82.1 Å². The number of nitrogens with zero attached hydrogens (tertiary/aromatic N) is 1. The van der Waals surface area contributed by atoms with Crippen LogP contribution in [0.25, 0.3) is 0 Å². The molecule has 0 fully saturated rings. The van der Waals surface area contributed by atoms with Gasteiger partial charge < -0.3 is 9.84 Å². The second kappa shape index (κ2) is 6.07. The molecule has 0 aromatic heterocycles. The third kappa shape index (κ3) is 3.98. The van der Waals surface area contributed by atoms with Crippen LogP contribution in [0.2, 0.25) is 0 Å². The van der Waals surface area contributed by atoms with Crippen molar-refractivity contribution < 1.29 is 19.4 Å². The first kappa shape index (κ1) is 12.6. The topological polar surface area (TPSA) is 76.0 Å². The molecule has 1 unspecified atom stereocenters. The fourth-order valence-electron chi connectivity index (χ4n) is 0.579. The van der Waals surface area contributed by atoms with E-state index in [-0.39, 0.29) is 0 Å². The van der Waals surface area contributed by atoms with Gasteiger partial charge in [-0.2, -0.15) is 4.99 Å². The Bertz CT molecular complexity index is 285. The first-order valence-corrected chi connectivity index (χ1v) is 4.05. The van der Waals surface area contributed by atoms with Crippen molar-refractivity contribution in [2.24, 2.45) is 4.99 Å². The summed E-state index contributed by atoms with van der Waals surface area (Å²) in [6.07, 6.45) is 0.0559. The SMILES string of the molecule is CC(C)=C(C)C(=O)OC(CO)N=C=O. The molecule has 0 aromatic rings. The van der Waals surface area contributed by atoms with Gasteiger partial charge in [0.25, 0.3) is 0 Å². The minimum Gasteiger partial charge on any atom is -0.433 e. The average Bonchev–Trinajstić information content (AvgIpc) is 2.15. The van der Waals surface area contributed by atoms with Gasteiger partial charge >= 0.3 is 5.97 Å². The molecule has 1 atom stereocenters. The molecule has 0 heterocycles. The van der Waals surface area contributed by atoms with Crippen molar-refractivity contribution in [2.45, 2.75) is 27.0 Å². The molecule has 0 aromatic carbocycles. The highest BCUT2D eigenvalue weighted by Crippen LogP contribution is 2.06. The van der Waals surface area contributed by atoms with E-state index in [1.165, 1.54) is 6.08 Å². The second-order valence-electron chi connectivity index (χ2n) is 2.89. The number of esters is 1. The van der Waals surface area contributed by atoms with Crippen LogP contribution in [0.3, 0.4) is 0 Å². The van der Waals surface area contributed by atoms with Crippen LogP contribution >= 0.6 is 0 Å². The van der Waals surface area contributed by atoms with Gasteiger partial charge in [-0.3, -0.25) is 0 Å². The number of isocyanates is 1. The molecule has 0 aliphatic heterocycles. The summed E-state index contributed by atoms with van der Waals surface area (Å²) in [4.78, 5) is 24.2. The van der Waals surface area contributed by atoms with Gasteiger partial charge in [-0.1, -0.05) is 5.57 Å². The largest absolute Gasteiger partial charge is 0.433 e. The zero-order valence-electron chi connectivity index (χ0n) is 8.40. The number of aliphatic hydroxyl groups is 1. The molecule has 0 bridgehead atoms. The summed E-state index contributed by atoms with van der Waals surface area (Å²) in [5, 5.41) is 8.66. The number of hydrogen-bond donors (Lipinski definition) is 1. The van der Waals surface area contributed by atoms with Crippen LogP contribution in [0, 0.1) is 0 Å². The van der Waals surface area contributed by atoms with Crippen molar-refractivity contribution in [1.82, 2.24) is 0 Å². The minimum atomic E-state index is -1.16. The summed E-state index contributed by atoms with van der Waals surface area (Å²) in [6.45, 7) is 4.58. The molecule has 5 heteroatoms. The van der Waals surface area contributed by atoms with Gasteiger partial charge in [-0.25, -0.2) is 9.59 Å². The standard InChI is InChI=1S/C9H13NO4/c1-6(2)7(3)9(13)14-8(4-11)10-5-12/h8,11H,4H2,1-3H3. The van der Waals surface area contributed by atoms with E-state index >= 15 is 0 Å². The average molecular weight is 199 g/mol. The van der Waals surface area contributed by atoms with Gasteiger partial charge in [-0.15, -0.1) is 0 Å². The predicted molar refractivity (Wildman–Crippen MR) is 49.1 cm³/mol. The minimum absolute atomic E-state index is 0.435. The number of aliphatic hydroxyl groups excluding tert-OH is 1. The highest BCUT2D eigenvalue weighted by molar-refractivity contribution is 5.88. The van der Waals surface area contributed by atoms with E-state index in [1.54, 1.807) is 20.8 Å². The van der Waals surface area contributed by atoms with Crippen molar-refractivity contribution in [3.63, 3.8) is 0 Å². The summed E-state index contributed by atoms with van der Waals surface area (Å²) in [5.74, 6) is -0.594. The molecule has 0 aliphatic rings. The van der Waals surface area contributed by atoms with Crippen LogP contribution in [-0.4, -0.2) is 30.0 Å². The van der Waals surface area contributed by atoms with Crippen LogP contribution in [0.1, 0.15) is 20.8 Å². The van der Waals surface area contributed by atoms with Crippen LogP contribution in [0.5, 0.6) is 0 Å². The summed E-state index contributed by atoms with van der Waals surface area (Å²) < 4.78 is 4.69. The molecule has 78 valence electrons. The molecular weight excluding hydrogens is 186 g/mol. The Morgan fingerprint density at radius 1 is 1.50 bits per heavy atom. The zero-order chi connectivity index (χ0) is 11.1. The highest BCUT2D eigenvalue weighted by Gasteiger charge is 2.14. The molecule has 0 spiro atoms. The van der Waals surface area contributed by atoms with E-state index in [4.69, 9.17) is 5.11 Å². The third-order valence-electron chi connectivity index (χ3n) is 1.65. The van der Waals surface area contributed by atoms with Gasteiger partial charge in [-0.05, 0) is 20.8 Å². The number of hydrogen-bond acceptors (Lipinski definition) is 5. The monoisotopic (exact) mass is 199 g/mol. The molecule has 1 N–H and O–H groups in total. The van der Waals surface area contributed by atoms with Gasteiger partial charge in [0.05, 0.1) is 0 Å². The Hall–Kier alpha value is -1.45. The van der Waals surface area contributed by atoms with Gasteiger partial charge in [0.2, 0.25) is 12.3 Å². The maximum Gasteiger partial charge on any atom is 0.335 e. The number of carbonyl (C=O) groups is 1. The third-order valence-corrected chi connectivity index (χ3v) is 1.65. The summed E-state index contributed by atoms with van der Waals surface area (Å²) in [7, 11) is 0. The summed E-state index contributed by atoms with van der Waals surface area (Å²) in [5.41, 5.74) is 1.24. The van der Waals surface area contributed by atoms with E-state index in [2.05, 4.69) is 9.73 Å². The number of rotatable bonds is 4. The number of carbonyl (C=O) groups excluding carboxylic acids is 2. The van der Waals surface area contributed by atoms with E-state index in [1.807, 2.05) is 0 Å². The van der Waals surface area contributed by atoms with Crippen LogP contribution < -0.4 is 0 Å². The van der Waals surface area contributed by atoms with Gasteiger partial charge in [0.15, 0.2) is 0 Å². The van der Waals surface area contributed by atoms with Crippen molar-refractivity contribution in [1.29, 1.82) is 0 Å². The first-order valence-electron chi connectivity index (χ1n) is 4.05. The Balaban J connectivity index is 4.45. The predicted octanol–water partition coefficient (Wildman–Crippen LogP) is 0.540. The quantitative estimate of drug-likeness (QED) is 0.310. The lowest BCUT2D eigenvalue weighted by molar-refractivity contribution is -0.145. The maximum absolute atomic E-state index is 11.2. The van der Waals surface area contributed by atoms with Crippen molar-refractivity contribution in [2.75, 3.05) is 6.61 Å². The zero-order valence-corrected chi connectivity index (χ0v) is 8.40. The summed E-state index contributed by atoms with van der Waals surface area (Å²) >= 11 is 0. The number of allylic oxidation sites excluding steroid dienone is 1. The molecule has 0 saturated heterocycles. The molecular formula is C9H13NO4. The molecule has 0 amide bonds. The molecule has 0 saturated carbocycles. The maximum atomic E-state index is 11.2. The number of ether oxygens (including phenoxy) is 1. The van der Waals surface area contributed by atoms with E-state index in [0.717, 1.165) is 5.57 Å². The van der Waals surface area contributed by atoms with Gasteiger partial charge in [0, 0.05) is 5.57 Å². The van der Waals surface area contributed by atoms with Crippen LogP contribution in [-0.2, 0) is 14.3 Å². The van der Waals surface area contributed by atoms with Crippen LogP contribution in [0.15, 0.2) is 16.1 Å². The van der Waals surface area contributed by atoms with E-state index < -0.39 is 18.8 Å². The normalized spacial score (nSPS) is 11.1. The van der Waals surface area contributed by atoms with Crippen molar-refractivity contribution >= 4 is 12.0 Å². The highest BCUT2D eigenvalue weighted by atomic mass is 16.6. The van der Waals surface area contributed by atoms with Crippen molar-refractivity contribution in [3.8, 4) is 0 Å². The molecule has 0 rings (SSSR count). The molecule has 0 radical (unpaired) electrons. The fraction of sp³-hybridized carbons (Fsp3) is 0.556. The smallest absolute Gasteiger partial charge is 0.335 e. The molecule has 0 aliphatic carbocycles. The fourth-order valence-corrected chi connectivity index (χ4v) is 0.579. The van der Waals surface area contributed by atoms with E-state index in [0.29, 0.717) is 5.57 Å². The Kier molecular flexibility index (Phi) is 5.44. The van der Waals surface area contributed by atoms with Gasteiger partial charge in [0.1, 0.15) is 6.61 Å². The Morgan fingerprint density at radius 3 is 2.43 bits per heavy atom. The van der Waals surface area contributed by atoms with Crippen LogP contribution in [0.4, 0.5) is 0 Å². The Morgan fingerprint density at radius 2 is 2.07 bits per heavy atom. The lowest BCUT2D eigenvalue weighted by Crippen LogP contribution is -2.20. The second-order valence-corrected chi connectivity index (χ2v) is 2.89. The van der Waals surface area contributed by atoms with E-state index in [9.17, 15) is 9.59 Å². The first-order chi connectivity index (χ1) is 6.52. The molecule has 14 heavy (non-hydrogen) atoms. The van der Waals surface area contributed by atoms with Crippen molar-refractivity contribution in [3.05, 3.63) is 11.1 Å². The lowest BCUT2D eigenvalue weighted by Gasteiger charge is -2.10. The number of aliphatic imine (C=N–C) groups is 1. The lowest BCUT2D eigenvalue weighted by atomic mass is 10.2.